The molecule has 6 nitrogen and oxygen atoms in total. The molecule has 0 radical (unpaired) electrons. The van der Waals surface area contributed by atoms with Crippen LogP contribution in [-0.4, -0.2) is 32.3 Å². The van der Waals surface area contributed by atoms with Crippen molar-refractivity contribution < 1.29 is 4.79 Å². The van der Waals surface area contributed by atoms with E-state index in [1.54, 1.807) is 12.4 Å². The molecular formula is C19H19N5O. The molecule has 2 aromatic heterocycles. The monoisotopic (exact) mass is 333 g/mol. The third-order valence-corrected chi connectivity index (χ3v) is 4.37. The molecule has 0 atom stereocenters. The first-order valence-electron chi connectivity index (χ1n) is 8.45. The molecule has 0 bridgehead atoms. The fourth-order valence-electron chi connectivity index (χ4n) is 2.98. The van der Waals surface area contributed by atoms with E-state index in [9.17, 15) is 4.79 Å². The van der Waals surface area contributed by atoms with E-state index in [2.05, 4.69) is 44.5 Å². The van der Waals surface area contributed by atoms with E-state index in [4.69, 9.17) is 0 Å². The minimum Gasteiger partial charge on any atom is -0.350 e. The maximum absolute atomic E-state index is 11.7. The summed E-state index contributed by atoms with van der Waals surface area (Å²) in [5.74, 6) is 0.825. The molecule has 1 aliphatic rings. The number of anilines is 1. The smallest absolute Gasteiger partial charge is 0.224 e. The number of carbonyl (C=O) groups excluding carboxylic acids is 1. The van der Waals surface area contributed by atoms with Crippen molar-refractivity contribution in [1.29, 1.82) is 0 Å². The molecule has 1 saturated heterocycles. The van der Waals surface area contributed by atoms with Crippen LogP contribution in [0.5, 0.6) is 0 Å². The van der Waals surface area contributed by atoms with Crippen LogP contribution in [0.25, 0.3) is 11.0 Å². The van der Waals surface area contributed by atoms with Crippen LogP contribution in [0.3, 0.4) is 0 Å². The summed E-state index contributed by atoms with van der Waals surface area (Å²) >= 11 is 0. The summed E-state index contributed by atoms with van der Waals surface area (Å²) in [5.41, 5.74) is 2.98. The maximum atomic E-state index is 11.7. The molecule has 1 amide bonds. The van der Waals surface area contributed by atoms with E-state index in [1.165, 1.54) is 0 Å². The summed E-state index contributed by atoms with van der Waals surface area (Å²) in [6.45, 7) is 2.21. The number of aromatic nitrogens is 3. The van der Waals surface area contributed by atoms with E-state index in [1.807, 2.05) is 17.0 Å². The molecule has 1 aliphatic heterocycles. The van der Waals surface area contributed by atoms with Crippen molar-refractivity contribution >= 4 is 22.9 Å². The molecule has 0 saturated carbocycles. The van der Waals surface area contributed by atoms with Gasteiger partial charge in [0.25, 0.3) is 0 Å². The zero-order valence-electron chi connectivity index (χ0n) is 13.9. The molecule has 25 heavy (non-hydrogen) atoms. The molecule has 6 heteroatoms. The lowest BCUT2D eigenvalue weighted by atomic mass is 10.1. The highest BCUT2D eigenvalue weighted by molar-refractivity contribution is 5.78. The lowest BCUT2D eigenvalue weighted by Crippen LogP contribution is -2.23. The Morgan fingerprint density at radius 2 is 1.92 bits per heavy atom. The van der Waals surface area contributed by atoms with Gasteiger partial charge < -0.3 is 10.2 Å². The van der Waals surface area contributed by atoms with E-state index < -0.39 is 0 Å². The van der Waals surface area contributed by atoms with Gasteiger partial charge in [-0.15, -0.1) is 0 Å². The number of rotatable bonds is 5. The van der Waals surface area contributed by atoms with Gasteiger partial charge in [0.1, 0.15) is 0 Å². The normalized spacial score (nSPS) is 14.2. The minimum absolute atomic E-state index is 0.257. The van der Waals surface area contributed by atoms with E-state index in [-0.39, 0.29) is 5.91 Å². The molecule has 0 aliphatic carbocycles. The number of nitrogens with one attached hydrogen (secondary N) is 1. The van der Waals surface area contributed by atoms with E-state index in [0.717, 1.165) is 29.5 Å². The summed E-state index contributed by atoms with van der Waals surface area (Å²) in [6.07, 6.45) is 5.15. The molecule has 4 rings (SSSR count). The van der Waals surface area contributed by atoms with Gasteiger partial charge in [0.2, 0.25) is 11.9 Å². The Labute approximate surface area is 145 Å². The SMILES string of the molecule is O=C1CCCN1Cc1ccc(CNc2ncc3cccnc3n2)cc1. The molecule has 3 aromatic rings. The second-order valence-electron chi connectivity index (χ2n) is 6.20. The van der Waals surface area contributed by atoms with E-state index in [0.29, 0.717) is 31.1 Å². The Bertz CT molecular complexity index is 894. The van der Waals surface area contributed by atoms with Gasteiger partial charge in [-0.25, -0.2) is 9.97 Å². The highest BCUT2D eigenvalue weighted by Gasteiger charge is 2.19. The molecule has 3 heterocycles. The first-order valence-corrected chi connectivity index (χ1v) is 8.45. The average Bonchev–Trinajstić information content (AvgIpc) is 3.06. The second-order valence-corrected chi connectivity index (χ2v) is 6.20. The van der Waals surface area contributed by atoms with Gasteiger partial charge in [-0.3, -0.25) is 4.79 Å². The van der Waals surface area contributed by atoms with Crippen LogP contribution in [-0.2, 0) is 17.9 Å². The molecule has 0 unspecified atom stereocenters. The predicted octanol–water partition coefficient (Wildman–Crippen LogP) is 2.76. The van der Waals surface area contributed by atoms with Crippen LogP contribution >= 0.6 is 0 Å². The quantitative estimate of drug-likeness (QED) is 0.777. The van der Waals surface area contributed by atoms with Crippen LogP contribution in [0.4, 0.5) is 5.95 Å². The number of hydrogen-bond acceptors (Lipinski definition) is 5. The average molecular weight is 333 g/mol. The Balaban J connectivity index is 1.38. The molecule has 1 N–H and O–H groups in total. The Hall–Kier alpha value is -3.02. The fraction of sp³-hybridized carbons (Fsp3) is 0.263. The van der Waals surface area contributed by atoms with Crippen LogP contribution in [0.1, 0.15) is 24.0 Å². The van der Waals surface area contributed by atoms with Crippen molar-refractivity contribution in [3.05, 3.63) is 59.9 Å². The number of fused-ring (bicyclic) bond motifs is 1. The Morgan fingerprint density at radius 3 is 2.72 bits per heavy atom. The maximum Gasteiger partial charge on any atom is 0.224 e. The third kappa shape index (κ3) is 3.57. The highest BCUT2D eigenvalue weighted by atomic mass is 16.2. The zero-order valence-corrected chi connectivity index (χ0v) is 13.9. The number of benzene rings is 1. The second kappa shape index (κ2) is 6.84. The lowest BCUT2D eigenvalue weighted by Gasteiger charge is -2.15. The first kappa shape index (κ1) is 15.5. The molecule has 126 valence electrons. The van der Waals surface area contributed by atoms with Crippen molar-refractivity contribution in [3.8, 4) is 0 Å². The standard InChI is InChI=1S/C19H19N5O/c25-17-4-2-10-24(17)13-15-7-5-14(6-8-15)11-21-19-22-12-16-3-1-9-20-18(16)23-19/h1,3,5-9,12H,2,4,10-11,13H2,(H,20,21,22,23). The van der Waals surface area contributed by atoms with Gasteiger partial charge in [-0.05, 0) is 29.7 Å². The van der Waals surface area contributed by atoms with E-state index >= 15 is 0 Å². The van der Waals surface area contributed by atoms with Gasteiger partial charge in [0.05, 0.1) is 0 Å². The first-order chi connectivity index (χ1) is 12.3. The Morgan fingerprint density at radius 1 is 1.08 bits per heavy atom. The van der Waals surface area contributed by atoms with Crippen molar-refractivity contribution in [2.45, 2.75) is 25.9 Å². The Kier molecular flexibility index (Phi) is 4.24. The number of amides is 1. The summed E-state index contributed by atoms with van der Waals surface area (Å²) in [6, 6.07) is 12.1. The number of nitrogens with zero attached hydrogens (tertiary/aromatic N) is 4. The van der Waals surface area contributed by atoms with Crippen LogP contribution in [0, 0.1) is 0 Å². The molecule has 1 aromatic carbocycles. The highest BCUT2D eigenvalue weighted by Crippen LogP contribution is 2.15. The summed E-state index contributed by atoms with van der Waals surface area (Å²) < 4.78 is 0. The van der Waals surface area contributed by atoms with Crippen LogP contribution in [0.2, 0.25) is 0 Å². The lowest BCUT2D eigenvalue weighted by molar-refractivity contribution is -0.128. The van der Waals surface area contributed by atoms with Crippen molar-refractivity contribution in [3.63, 3.8) is 0 Å². The van der Waals surface area contributed by atoms with Crippen molar-refractivity contribution in [1.82, 2.24) is 19.9 Å². The van der Waals surface area contributed by atoms with Gasteiger partial charge in [0.15, 0.2) is 5.65 Å². The summed E-state index contributed by atoms with van der Waals surface area (Å²) in [4.78, 5) is 26.6. The largest absolute Gasteiger partial charge is 0.350 e. The number of hydrogen-bond donors (Lipinski definition) is 1. The molecular weight excluding hydrogens is 314 g/mol. The number of carbonyl (C=O) groups is 1. The van der Waals surface area contributed by atoms with Crippen LogP contribution in [0.15, 0.2) is 48.8 Å². The summed E-state index contributed by atoms with van der Waals surface area (Å²) in [5, 5.41) is 4.15. The minimum atomic E-state index is 0.257. The fourth-order valence-corrected chi connectivity index (χ4v) is 2.98. The van der Waals surface area contributed by atoms with Gasteiger partial charge >= 0.3 is 0 Å². The topological polar surface area (TPSA) is 71.0 Å². The summed E-state index contributed by atoms with van der Waals surface area (Å²) in [7, 11) is 0. The van der Waals surface area contributed by atoms with Gasteiger partial charge in [-0.1, -0.05) is 24.3 Å². The third-order valence-electron chi connectivity index (χ3n) is 4.37. The zero-order chi connectivity index (χ0) is 17.1. The predicted molar refractivity (Wildman–Crippen MR) is 95.8 cm³/mol. The van der Waals surface area contributed by atoms with Gasteiger partial charge in [0, 0.05) is 43.8 Å². The van der Waals surface area contributed by atoms with Crippen LogP contribution < -0.4 is 5.32 Å². The van der Waals surface area contributed by atoms with Crippen molar-refractivity contribution in [2.75, 3.05) is 11.9 Å². The van der Waals surface area contributed by atoms with Crippen molar-refractivity contribution in [2.24, 2.45) is 0 Å². The molecule has 0 spiro atoms. The number of likely N-dealkylation sites (tertiary alicyclic amines) is 1. The molecule has 1 fully saturated rings. The number of pyridine rings is 1. The van der Waals surface area contributed by atoms with Gasteiger partial charge in [-0.2, -0.15) is 4.98 Å².